The van der Waals surface area contributed by atoms with E-state index >= 15 is 0 Å². The number of nitrogens with one attached hydrogen (secondary N) is 1. The number of carbonyl (C=O) groups excluding carboxylic acids is 1. The van der Waals surface area contributed by atoms with E-state index in [-0.39, 0.29) is 6.04 Å². The minimum absolute atomic E-state index is 0.123. The molecule has 0 saturated heterocycles. The van der Waals surface area contributed by atoms with E-state index in [1.54, 1.807) is 13.0 Å². The van der Waals surface area contributed by atoms with E-state index < -0.39 is 6.09 Å². The third kappa shape index (κ3) is 5.15. The smallest absolute Gasteiger partial charge is 0.412 e. The molecular formula is C7H13NO2. The van der Waals surface area contributed by atoms with Gasteiger partial charge in [0.05, 0.1) is 6.26 Å². The molecule has 0 aromatic carbocycles. The van der Waals surface area contributed by atoms with Crippen LogP contribution in [-0.2, 0) is 4.74 Å². The first-order chi connectivity index (χ1) is 4.66. The van der Waals surface area contributed by atoms with Crippen molar-refractivity contribution in [1.29, 1.82) is 0 Å². The Labute approximate surface area is 61.1 Å². The van der Waals surface area contributed by atoms with E-state index in [1.807, 2.05) is 13.8 Å². The molecule has 58 valence electrons. The summed E-state index contributed by atoms with van der Waals surface area (Å²) in [5, 5.41) is 2.57. The van der Waals surface area contributed by atoms with E-state index in [1.165, 1.54) is 6.26 Å². The van der Waals surface area contributed by atoms with Crippen molar-refractivity contribution in [3.63, 3.8) is 0 Å². The molecule has 0 saturated carbocycles. The van der Waals surface area contributed by atoms with Gasteiger partial charge in [-0.1, -0.05) is 6.08 Å². The van der Waals surface area contributed by atoms with Crippen molar-refractivity contribution in [2.45, 2.75) is 26.8 Å². The Bertz CT molecular complexity index is 130. The maximum atomic E-state index is 10.6. The van der Waals surface area contributed by atoms with Gasteiger partial charge in [-0.2, -0.15) is 0 Å². The fraction of sp³-hybridized carbons (Fsp3) is 0.571. The van der Waals surface area contributed by atoms with Gasteiger partial charge in [-0.25, -0.2) is 4.79 Å². The third-order valence-corrected chi connectivity index (χ3v) is 0.718. The Morgan fingerprint density at radius 2 is 2.20 bits per heavy atom. The molecule has 0 aliphatic heterocycles. The molecular weight excluding hydrogens is 130 g/mol. The van der Waals surface area contributed by atoms with Gasteiger partial charge in [0.15, 0.2) is 0 Å². The Morgan fingerprint density at radius 3 is 2.60 bits per heavy atom. The lowest BCUT2D eigenvalue weighted by molar-refractivity contribution is 0.182. The van der Waals surface area contributed by atoms with Crippen LogP contribution < -0.4 is 5.32 Å². The predicted octanol–water partition coefficient (Wildman–Crippen LogP) is 1.65. The van der Waals surface area contributed by atoms with Crippen LogP contribution in [0.4, 0.5) is 4.79 Å². The summed E-state index contributed by atoms with van der Waals surface area (Å²) in [4.78, 5) is 10.6. The number of ether oxygens (including phenoxy) is 1. The topological polar surface area (TPSA) is 38.3 Å². The van der Waals surface area contributed by atoms with E-state index in [4.69, 9.17) is 0 Å². The normalized spacial score (nSPS) is 10.4. The molecule has 0 fully saturated rings. The lowest BCUT2D eigenvalue weighted by Gasteiger charge is -2.05. The molecule has 1 amide bonds. The first kappa shape index (κ1) is 9.01. The number of rotatable bonds is 2. The molecule has 0 radical (unpaired) electrons. The highest BCUT2D eigenvalue weighted by Crippen LogP contribution is 1.82. The van der Waals surface area contributed by atoms with Gasteiger partial charge in [-0.05, 0) is 20.8 Å². The standard InChI is InChI=1S/C7H13NO2/c1-4-5-10-7(9)8-6(2)3/h4-6H,1-3H3,(H,8,9)/b5-4-. The second-order valence-corrected chi connectivity index (χ2v) is 2.17. The average Bonchev–Trinajstić information content (AvgIpc) is 1.82. The second kappa shape index (κ2) is 4.85. The number of alkyl carbamates (subject to hydrolysis) is 1. The predicted molar refractivity (Wildman–Crippen MR) is 39.6 cm³/mol. The quantitative estimate of drug-likeness (QED) is 0.597. The molecule has 1 N–H and O–H groups in total. The van der Waals surface area contributed by atoms with Crippen LogP contribution in [0.2, 0.25) is 0 Å². The first-order valence-electron chi connectivity index (χ1n) is 3.25. The van der Waals surface area contributed by atoms with Gasteiger partial charge < -0.3 is 10.1 Å². The van der Waals surface area contributed by atoms with Crippen LogP contribution in [0.25, 0.3) is 0 Å². The summed E-state index contributed by atoms with van der Waals surface area (Å²) in [7, 11) is 0. The van der Waals surface area contributed by atoms with Crippen molar-refractivity contribution >= 4 is 6.09 Å². The lowest BCUT2D eigenvalue weighted by atomic mass is 10.4. The Kier molecular flexibility index (Phi) is 4.37. The highest BCUT2D eigenvalue weighted by molar-refractivity contribution is 5.68. The first-order valence-corrected chi connectivity index (χ1v) is 3.25. The maximum Gasteiger partial charge on any atom is 0.412 e. The van der Waals surface area contributed by atoms with Crippen molar-refractivity contribution in [2.75, 3.05) is 0 Å². The van der Waals surface area contributed by atoms with Crippen LogP contribution in [0.1, 0.15) is 20.8 Å². The molecule has 10 heavy (non-hydrogen) atoms. The monoisotopic (exact) mass is 143 g/mol. The average molecular weight is 143 g/mol. The van der Waals surface area contributed by atoms with Gasteiger partial charge >= 0.3 is 6.09 Å². The number of amides is 1. The van der Waals surface area contributed by atoms with Gasteiger partial charge in [0, 0.05) is 6.04 Å². The molecule has 0 unspecified atom stereocenters. The Morgan fingerprint density at radius 1 is 1.60 bits per heavy atom. The molecule has 0 bridgehead atoms. The van der Waals surface area contributed by atoms with Gasteiger partial charge in [0.2, 0.25) is 0 Å². The van der Waals surface area contributed by atoms with E-state index in [9.17, 15) is 4.79 Å². The molecule has 0 heterocycles. The van der Waals surface area contributed by atoms with Gasteiger partial charge in [-0.3, -0.25) is 0 Å². The fourth-order valence-corrected chi connectivity index (χ4v) is 0.400. The molecule has 0 aliphatic rings. The second-order valence-electron chi connectivity index (χ2n) is 2.17. The van der Waals surface area contributed by atoms with Crippen LogP contribution in [0.3, 0.4) is 0 Å². The molecule has 3 heteroatoms. The largest absolute Gasteiger partial charge is 0.419 e. The highest BCUT2D eigenvalue weighted by Gasteiger charge is 1.99. The summed E-state index contributed by atoms with van der Waals surface area (Å²) in [5.74, 6) is 0. The third-order valence-electron chi connectivity index (χ3n) is 0.718. The van der Waals surface area contributed by atoms with Gasteiger partial charge in [0.1, 0.15) is 0 Å². The van der Waals surface area contributed by atoms with E-state index in [0.29, 0.717) is 0 Å². The highest BCUT2D eigenvalue weighted by atomic mass is 16.5. The number of carbonyl (C=O) groups is 1. The minimum atomic E-state index is -0.409. The van der Waals surface area contributed by atoms with Gasteiger partial charge in [-0.15, -0.1) is 0 Å². The summed E-state index contributed by atoms with van der Waals surface area (Å²) in [6.07, 6.45) is 2.59. The summed E-state index contributed by atoms with van der Waals surface area (Å²) < 4.78 is 4.57. The van der Waals surface area contributed by atoms with Crippen molar-refractivity contribution < 1.29 is 9.53 Å². The lowest BCUT2D eigenvalue weighted by Crippen LogP contribution is -2.29. The number of hydrogen-bond acceptors (Lipinski definition) is 2. The van der Waals surface area contributed by atoms with E-state index in [0.717, 1.165) is 0 Å². The minimum Gasteiger partial charge on any atom is -0.419 e. The van der Waals surface area contributed by atoms with Crippen LogP contribution in [0, 0.1) is 0 Å². The zero-order valence-electron chi connectivity index (χ0n) is 6.55. The maximum absolute atomic E-state index is 10.6. The molecule has 0 aromatic rings. The van der Waals surface area contributed by atoms with Crippen LogP contribution >= 0.6 is 0 Å². The Hall–Kier alpha value is -0.990. The zero-order chi connectivity index (χ0) is 7.98. The fourth-order valence-electron chi connectivity index (χ4n) is 0.400. The number of hydrogen-bond donors (Lipinski definition) is 1. The SMILES string of the molecule is C/C=C\OC(=O)NC(C)C. The van der Waals surface area contributed by atoms with Crippen molar-refractivity contribution in [3.8, 4) is 0 Å². The molecule has 0 aromatic heterocycles. The van der Waals surface area contributed by atoms with Crippen LogP contribution in [0.15, 0.2) is 12.3 Å². The molecule has 0 rings (SSSR count). The number of allylic oxidation sites excluding steroid dienone is 1. The molecule has 0 atom stereocenters. The van der Waals surface area contributed by atoms with Crippen LogP contribution in [0.5, 0.6) is 0 Å². The summed E-state index contributed by atoms with van der Waals surface area (Å²) in [6.45, 7) is 5.52. The van der Waals surface area contributed by atoms with Crippen LogP contribution in [-0.4, -0.2) is 12.1 Å². The molecule has 0 spiro atoms. The van der Waals surface area contributed by atoms with Crippen molar-refractivity contribution in [1.82, 2.24) is 5.32 Å². The molecule has 3 nitrogen and oxygen atoms in total. The van der Waals surface area contributed by atoms with Crippen molar-refractivity contribution in [2.24, 2.45) is 0 Å². The summed E-state index contributed by atoms with van der Waals surface area (Å²) in [5.41, 5.74) is 0. The Balaban J connectivity index is 3.44. The van der Waals surface area contributed by atoms with E-state index in [2.05, 4.69) is 10.1 Å². The summed E-state index contributed by atoms with van der Waals surface area (Å²) in [6, 6.07) is 0.123. The van der Waals surface area contributed by atoms with Crippen molar-refractivity contribution in [3.05, 3.63) is 12.3 Å². The van der Waals surface area contributed by atoms with Gasteiger partial charge in [0.25, 0.3) is 0 Å². The summed E-state index contributed by atoms with van der Waals surface area (Å²) >= 11 is 0. The zero-order valence-corrected chi connectivity index (χ0v) is 6.55. The molecule has 0 aliphatic carbocycles.